The number of benzene rings is 1. The first-order valence-corrected chi connectivity index (χ1v) is 7.15. The highest BCUT2D eigenvalue weighted by molar-refractivity contribution is 5.60. The van der Waals surface area contributed by atoms with Crippen molar-refractivity contribution in [2.24, 2.45) is 5.92 Å². The van der Waals surface area contributed by atoms with Gasteiger partial charge in [-0.15, -0.1) is 0 Å². The molecule has 106 valence electrons. The summed E-state index contributed by atoms with van der Waals surface area (Å²) >= 11 is 0. The fourth-order valence-electron chi connectivity index (χ4n) is 2.52. The van der Waals surface area contributed by atoms with Crippen LogP contribution in [-0.2, 0) is 12.8 Å². The van der Waals surface area contributed by atoms with Crippen molar-refractivity contribution < 1.29 is 14.2 Å². The highest BCUT2D eigenvalue weighted by Crippen LogP contribution is 2.45. The second-order valence-electron chi connectivity index (χ2n) is 5.46. The minimum absolute atomic E-state index is 0.297. The third-order valence-corrected chi connectivity index (χ3v) is 3.51. The number of hydrogen-bond acceptors (Lipinski definition) is 3. The normalized spacial score (nSPS) is 13.1. The second-order valence-corrected chi connectivity index (χ2v) is 5.46. The first-order valence-electron chi connectivity index (χ1n) is 7.15. The molecule has 1 aromatic rings. The summed E-state index contributed by atoms with van der Waals surface area (Å²) in [5.41, 5.74) is 2.63. The van der Waals surface area contributed by atoms with Crippen molar-refractivity contribution in [2.75, 3.05) is 13.9 Å². The molecule has 2 rings (SSSR count). The van der Waals surface area contributed by atoms with Gasteiger partial charge in [0, 0.05) is 5.56 Å². The van der Waals surface area contributed by atoms with Gasteiger partial charge in [0.15, 0.2) is 11.5 Å². The minimum atomic E-state index is 0.297. The molecule has 0 fully saturated rings. The Morgan fingerprint density at radius 2 is 2.05 bits per heavy atom. The van der Waals surface area contributed by atoms with Gasteiger partial charge in [-0.1, -0.05) is 27.2 Å². The first kappa shape index (κ1) is 14.0. The van der Waals surface area contributed by atoms with E-state index in [1.165, 1.54) is 11.1 Å². The number of rotatable bonds is 6. The lowest BCUT2D eigenvalue weighted by atomic mass is 9.94. The van der Waals surface area contributed by atoms with Crippen LogP contribution in [0.1, 0.15) is 44.7 Å². The van der Waals surface area contributed by atoms with Crippen molar-refractivity contribution in [3.8, 4) is 17.2 Å². The molecule has 0 aromatic heterocycles. The van der Waals surface area contributed by atoms with Crippen LogP contribution < -0.4 is 14.2 Å². The summed E-state index contributed by atoms with van der Waals surface area (Å²) in [6.45, 7) is 6.99. The number of methoxy groups -OCH3 is 1. The predicted octanol–water partition coefficient (Wildman–Crippen LogP) is 3.97. The maximum atomic E-state index is 5.60. The van der Waals surface area contributed by atoms with Crippen molar-refractivity contribution in [3.63, 3.8) is 0 Å². The maximum absolute atomic E-state index is 5.60. The molecule has 1 aromatic carbocycles. The summed E-state index contributed by atoms with van der Waals surface area (Å²) in [5.74, 6) is 3.17. The van der Waals surface area contributed by atoms with Crippen molar-refractivity contribution in [1.29, 1.82) is 0 Å². The van der Waals surface area contributed by atoms with Gasteiger partial charge < -0.3 is 14.2 Å². The van der Waals surface area contributed by atoms with E-state index in [4.69, 9.17) is 14.2 Å². The van der Waals surface area contributed by atoms with Crippen LogP contribution in [-0.4, -0.2) is 13.9 Å². The molecule has 0 saturated carbocycles. The van der Waals surface area contributed by atoms with E-state index in [2.05, 4.69) is 26.8 Å². The summed E-state index contributed by atoms with van der Waals surface area (Å²) < 4.78 is 16.7. The van der Waals surface area contributed by atoms with Crippen LogP contribution in [0.2, 0.25) is 0 Å². The lowest BCUT2D eigenvalue weighted by Crippen LogP contribution is -2.02. The smallest absolute Gasteiger partial charge is 0.231 e. The molecule has 1 aliphatic heterocycles. The Kier molecular flexibility index (Phi) is 4.56. The monoisotopic (exact) mass is 264 g/mol. The zero-order chi connectivity index (χ0) is 13.8. The second kappa shape index (κ2) is 6.18. The third-order valence-electron chi connectivity index (χ3n) is 3.51. The lowest BCUT2D eigenvalue weighted by molar-refractivity contribution is 0.171. The zero-order valence-corrected chi connectivity index (χ0v) is 12.4. The van der Waals surface area contributed by atoms with E-state index >= 15 is 0 Å². The summed E-state index contributed by atoms with van der Waals surface area (Å²) in [6.07, 6.45) is 4.37. The first-order chi connectivity index (χ1) is 9.17. The van der Waals surface area contributed by atoms with Crippen LogP contribution in [0.3, 0.4) is 0 Å². The molecule has 0 radical (unpaired) electrons. The Hall–Kier alpha value is -1.38. The van der Waals surface area contributed by atoms with Crippen LogP contribution in [0.25, 0.3) is 0 Å². The third kappa shape index (κ3) is 2.96. The molecule has 3 nitrogen and oxygen atoms in total. The largest absolute Gasteiger partial charge is 0.492 e. The van der Waals surface area contributed by atoms with Crippen LogP contribution in [0.4, 0.5) is 0 Å². The van der Waals surface area contributed by atoms with Crippen molar-refractivity contribution in [3.05, 3.63) is 17.2 Å². The Bertz CT molecular complexity index is 438. The van der Waals surface area contributed by atoms with Gasteiger partial charge >= 0.3 is 0 Å². The molecule has 0 aliphatic carbocycles. The molecule has 0 spiro atoms. The molecule has 19 heavy (non-hydrogen) atoms. The topological polar surface area (TPSA) is 27.7 Å². The Morgan fingerprint density at radius 1 is 1.26 bits per heavy atom. The SMILES string of the molecule is CCCc1cc2c(c(OC)c1CCC(C)C)OCO2. The molecule has 0 amide bonds. The van der Waals surface area contributed by atoms with E-state index < -0.39 is 0 Å². The van der Waals surface area contributed by atoms with Gasteiger partial charge in [0.1, 0.15) is 0 Å². The Balaban J connectivity index is 2.40. The molecule has 0 unspecified atom stereocenters. The molecule has 0 bridgehead atoms. The minimum Gasteiger partial charge on any atom is -0.492 e. The van der Waals surface area contributed by atoms with Gasteiger partial charge in [-0.25, -0.2) is 0 Å². The molecule has 1 aliphatic rings. The van der Waals surface area contributed by atoms with Gasteiger partial charge in [0.2, 0.25) is 12.5 Å². The quantitative estimate of drug-likeness (QED) is 0.778. The van der Waals surface area contributed by atoms with E-state index in [-0.39, 0.29) is 0 Å². The summed E-state index contributed by atoms with van der Waals surface area (Å²) in [4.78, 5) is 0. The van der Waals surface area contributed by atoms with Gasteiger partial charge in [-0.3, -0.25) is 0 Å². The average molecular weight is 264 g/mol. The highest BCUT2D eigenvalue weighted by atomic mass is 16.7. The standard InChI is InChI=1S/C16H24O3/c1-5-6-12-9-14-16(19-10-18-14)15(17-4)13(12)8-7-11(2)3/h9,11H,5-8,10H2,1-4H3. The number of fused-ring (bicyclic) bond motifs is 1. The number of aryl methyl sites for hydroxylation is 1. The van der Waals surface area contributed by atoms with Crippen molar-refractivity contribution in [2.45, 2.75) is 46.5 Å². The zero-order valence-electron chi connectivity index (χ0n) is 12.4. The molecule has 0 atom stereocenters. The van der Waals surface area contributed by atoms with Crippen LogP contribution in [0.5, 0.6) is 17.2 Å². The lowest BCUT2D eigenvalue weighted by Gasteiger charge is -2.16. The highest BCUT2D eigenvalue weighted by Gasteiger charge is 2.24. The van der Waals surface area contributed by atoms with Crippen LogP contribution in [0, 0.1) is 5.92 Å². The maximum Gasteiger partial charge on any atom is 0.231 e. The van der Waals surface area contributed by atoms with E-state index in [1.807, 2.05) is 0 Å². The van der Waals surface area contributed by atoms with E-state index in [9.17, 15) is 0 Å². The van der Waals surface area contributed by atoms with E-state index in [0.29, 0.717) is 12.7 Å². The molecule has 0 N–H and O–H groups in total. The van der Waals surface area contributed by atoms with Crippen LogP contribution >= 0.6 is 0 Å². The molecular formula is C16H24O3. The van der Waals surface area contributed by atoms with Gasteiger partial charge in [-0.2, -0.15) is 0 Å². The van der Waals surface area contributed by atoms with Gasteiger partial charge in [0.05, 0.1) is 7.11 Å². The molecule has 3 heteroatoms. The molecule has 0 saturated heterocycles. The molecular weight excluding hydrogens is 240 g/mol. The fourth-order valence-corrected chi connectivity index (χ4v) is 2.52. The van der Waals surface area contributed by atoms with Crippen molar-refractivity contribution >= 4 is 0 Å². The summed E-state index contributed by atoms with van der Waals surface area (Å²) in [7, 11) is 1.71. The number of ether oxygens (including phenoxy) is 3. The average Bonchev–Trinajstić information content (AvgIpc) is 2.83. The number of hydrogen-bond donors (Lipinski definition) is 0. The Labute approximate surface area is 115 Å². The molecule has 1 heterocycles. The van der Waals surface area contributed by atoms with E-state index in [1.54, 1.807) is 7.11 Å². The van der Waals surface area contributed by atoms with Gasteiger partial charge in [0.25, 0.3) is 0 Å². The van der Waals surface area contributed by atoms with Gasteiger partial charge in [-0.05, 0) is 36.8 Å². The van der Waals surface area contributed by atoms with Crippen molar-refractivity contribution in [1.82, 2.24) is 0 Å². The fraction of sp³-hybridized carbons (Fsp3) is 0.625. The summed E-state index contributed by atoms with van der Waals surface area (Å²) in [5, 5.41) is 0. The Morgan fingerprint density at radius 3 is 2.68 bits per heavy atom. The predicted molar refractivity (Wildman–Crippen MR) is 76.3 cm³/mol. The van der Waals surface area contributed by atoms with Crippen LogP contribution in [0.15, 0.2) is 6.07 Å². The summed E-state index contributed by atoms with van der Waals surface area (Å²) in [6, 6.07) is 2.13. The van der Waals surface area contributed by atoms with E-state index in [0.717, 1.165) is 42.9 Å².